The SMILES string of the molecule is O=C(O)N1CCN(CCOC(F)F)C[C@H]1COC(F)F. The lowest BCUT2D eigenvalue weighted by molar-refractivity contribution is -0.148. The van der Waals surface area contributed by atoms with Crippen LogP contribution in [0.25, 0.3) is 0 Å². The molecular weight excluding hydrogens is 288 g/mol. The summed E-state index contributed by atoms with van der Waals surface area (Å²) in [6.07, 6.45) is -1.23. The number of amides is 1. The summed E-state index contributed by atoms with van der Waals surface area (Å²) in [5, 5.41) is 8.95. The van der Waals surface area contributed by atoms with Gasteiger partial charge in [0.2, 0.25) is 0 Å². The van der Waals surface area contributed by atoms with E-state index in [4.69, 9.17) is 5.11 Å². The van der Waals surface area contributed by atoms with Crippen LogP contribution in [0.4, 0.5) is 22.4 Å². The van der Waals surface area contributed by atoms with Crippen LogP contribution in [-0.2, 0) is 9.47 Å². The Hall–Kier alpha value is -1.13. The van der Waals surface area contributed by atoms with Crippen LogP contribution in [0.5, 0.6) is 0 Å². The van der Waals surface area contributed by atoms with Gasteiger partial charge < -0.3 is 19.5 Å². The Bertz CT molecular complexity index is 309. The summed E-state index contributed by atoms with van der Waals surface area (Å²) in [6.45, 7) is -5.79. The maximum atomic E-state index is 12.0. The molecule has 10 heteroatoms. The van der Waals surface area contributed by atoms with E-state index in [0.29, 0.717) is 6.54 Å². The minimum absolute atomic E-state index is 0.0985. The molecule has 1 amide bonds. The summed E-state index contributed by atoms with van der Waals surface area (Å²) in [5.74, 6) is 0. The molecule has 6 nitrogen and oxygen atoms in total. The molecule has 1 N–H and O–H groups in total. The second-order valence-corrected chi connectivity index (χ2v) is 4.16. The normalized spacial score (nSPS) is 20.9. The molecule has 1 saturated heterocycles. The Morgan fingerprint density at radius 3 is 2.40 bits per heavy atom. The van der Waals surface area contributed by atoms with Gasteiger partial charge in [-0.3, -0.25) is 4.90 Å². The van der Waals surface area contributed by atoms with Gasteiger partial charge in [-0.25, -0.2) is 4.79 Å². The fraction of sp³-hybridized carbons (Fsp3) is 0.900. The lowest BCUT2D eigenvalue weighted by atomic mass is 10.2. The Labute approximate surface area is 112 Å². The zero-order valence-corrected chi connectivity index (χ0v) is 10.6. The van der Waals surface area contributed by atoms with Crippen molar-refractivity contribution < 1.29 is 36.9 Å². The van der Waals surface area contributed by atoms with Gasteiger partial charge in [0.1, 0.15) is 0 Å². The lowest BCUT2D eigenvalue weighted by Crippen LogP contribution is -2.57. The monoisotopic (exact) mass is 304 g/mol. The van der Waals surface area contributed by atoms with Crippen LogP contribution in [0.3, 0.4) is 0 Å². The number of ether oxygens (including phenoxy) is 2. The van der Waals surface area contributed by atoms with Crippen molar-refractivity contribution in [2.45, 2.75) is 19.3 Å². The van der Waals surface area contributed by atoms with E-state index >= 15 is 0 Å². The van der Waals surface area contributed by atoms with Crippen molar-refractivity contribution in [2.75, 3.05) is 39.4 Å². The molecule has 1 atom stereocenters. The molecule has 0 aromatic rings. The fourth-order valence-corrected chi connectivity index (χ4v) is 1.97. The van der Waals surface area contributed by atoms with Gasteiger partial charge in [-0.05, 0) is 0 Å². The second kappa shape index (κ2) is 8.22. The molecule has 1 fully saturated rings. The van der Waals surface area contributed by atoms with Gasteiger partial charge >= 0.3 is 19.3 Å². The molecule has 0 unspecified atom stereocenters. The Morgan fingerprint density at radius 1 is 1.20 bits per heavy atom. The number of rotatable bonds is 7. The van der Waals surface area contributed by atoms with E-state index < -0.39 is 32.0 Å². The Morgan fingerprint density at radius 2 is 1.85 bits per heavy atom. The molecule has 118 valence electrons. The number of piperazine rings is 1. The van der Waals surface area contributed by atoms with Crippen LogP contribution < -0.4 is 0 Å². The van der Waals surface area contributed by atoms with E-state index in [1.807, 2.05) is 0 Å². The first-order chi connectivity index (χ1) is 9.40. The first kappa shape index (κ1) is 16.9. The van der Waals surface area contributed by atoms with Gasteiger partial charge in [0.25, 0.3) is 0 Å². The Balaban J connectivity index is 2.44. The standard InChI is InChI=1S/C10H16F4N2O4/c11-8(12)19-4-3-15-1-2-16(10(17)18)7(5-15)6-20-9(13)14/h7-9H,1-6H2,(H,17,18)/t7-/m0/s1. The first-order valence-electron chi connectivity index (χ1n) is 5.91. The van der Waals surface area contributed by atoms with E-state index in [-0.39, 0.29) is 26.2 Å². The number of carbonyl (C=O) groups is 1. The van der Waals surface area contributed by atoms with Crippen molar-refractivity contribution in [1.82, 2.24) is 9.80 Å². The van der Waals surface area contributed by atoms with Gasteiger partial charge in [0.15, 0.2) is 0 Å². The highest BCUT2D eigenvalue weighted by atomic mass is 19.3. The van der Waals surface area contributed by atoms with Crippen LogP contribution in [-0.4, -0.2) is 79.7 Å². The third-order valence-corrected chi connectivity index (χ3v) is 2.88. The predicted molar refractivity (Wildman–Crippen MR) is 58.9 cm³/mol. The third-order valence-electron chi connectivity index (χ3n) is 2.88. The fourth-order valence-electron chi connectivity index (χ4n) is 1.97. The molecule has 1 heterocycles. The highest BCUT2D eigenvalue weighted by Crippen LogP contribution is 2.12. The topological polar surface area (TPSA) is 62.2 Å². The van der Waals surface area contributed by atoms with E-state index in [1.165, 1.54) is 0 Å². The molecule has 0 saturated carbocycles. The molecule has 0 bridgehead atoms. The molecule has 1 aliphatic rings. The van der Waals surface area contributed by atoms with Gasteiger partial charge in [-0.2, -0.15) is 17.6 Å². The third kappa shape index (κ3) is 5.88. The predicted octanol–water partition coefficient (Wildman–Crippen LogP) is 1.13. The average Bonchev–Trinajstić information content (AvgIpc) is 2.35. The smallest absolute Gasteiger partial charge is 0.407 e. The van der Waals surface area contributed by atoms with Gasteiger partial charge in [-0.15, -0.1) is 0 Å². The van der Waals surface area contributed by atoms with Crippen molar-refractivity contribution in [3.63, 3.8) is 0 Å². The zero-order valence-electron chi connectivity index (χ0n) is 10.6. The number of hydrogen-bond acceptors (Lipinski definition) is 4. The molecule has 0 radical (unpaired) electrons. The van der Waals surface area contributed by atoms with Gasteiger partial charge in [-0.1, -0.05) is 0 Å². The van der Waals surface area contributed by atoms with Crippen LogP contribution in [0.1, 0.15) is 0 Å². The number of carboxylic acid groups (broad SMARTS) is 1. The zero-order chi connectivity index (χ0) is 15.1. The number of halogens is 4. The molecule has 0 aromatic heterocycles. The van der Waals surface area contributed by atoms with Gasteiger partial charge in [0, 0.05) is 26.2 Å². The largest absolute Gasteiger partial charge is 0.465 e. The molecule has 0 aliphatic carbocycles. The highest BCUT2D eigenvalue weighted by molar-refractivity contribution is 5.65. The number of hydrogen-bond donors (Lipinski definition) is 1. The molecule has 0 aromatic carbocycles. The summed E-state index contributed by atoms with van der Waals surface area (Å²) in [5.41, 5.74) is 0. The maximum absolute atomic E-state index is 12.0. The van der Waals surface area contributed by atoms with Crippen LogP contribution in [0.2, 0.25) is 0 Å². The van der Waals surface area contributed by atoms with Crippen molar-refractivity contribution in [3.8, 4) is 0 Å². The highest BCUT2D eigenvalue weighted by Gasteiger charge is 2.31. The molecule has 20 heavy (non-hydrogen) atoms. The summed E-state index contributed by atoms with van der Waals surface area (Å²) in [7, 11) is 0. The molecule has 1 rings (SSSR count). The minimum atomic E-state index is -2.98. The molecule has 1 aliphatic heterocycles. The summed E-state index contributed by atoms with van der Waals surface area (Å²) >= 11 is 0. The Kier molecular flexibility index (Phi) is 6.96. The van der Waals surface area contributed by atoms with E-state index in [2.05, 4.69) is 9.47 Å². The minimum Gasteiger partial charge on any atom is -0.465 e. The van der Waals surface area contributed by atoms with Crippen LogP contribution in [0.15, 0.2) is 0 Å². The summed E-state index contributed by atoms with van der Waals surface area (Å²) < 4.78 is 55.9. The summed E-state index contributed by atoms with van der Waals surface area (Å²) in [6, 6.07) is -0.762. The second-order valence-electron chi connectivity index (χ2n) is 4.16. The van der Waals surface area contributed by atoms with Gasteiger partial charge in [0.05, 0.1) is 19.3 Å². The average molecular weight is 304 g/mol. The van der Waals surface area contributed by atoms with E-state index in [0.717, 1.165) is 4.90 Å². The number of nitrogens with zero attached hydrogens (tertiary/aromatic N) is 2. The van der Waals surface area contributed by atoms with Crippen molar-refractivity contribution >= 4 is 6.09 Å². The lowest BCUT2D eigenvalue weighted by Gasteiger charge is -2.39. The van der Waals surface area contributed by atoms with Crippen molar-refractivity contribution in [3.05, 3.63) is 0 Å². The van der Waals surface area contributed by atoms with E-state index in [9.17, 15) is 22.4 Å². The number of alkyl halides is 4. The first-order valence-corrected chi connectivity index (χ1v) is 5.91. The van der Waals surface area contributed by atoms with E-state index in [1.54, 1.807) is 4.90 Å². The molecular formula is C10H16F4N2O4. The van der Waals surface area contributed by atoms with Crippen LogP contribution in [0, 0.1) is 0 Å². The van der Waals surface area contributed by atoms with Crippen molar-refractivity contribution in [2.24, 2.45) is 0 Å². The molecule has 0 spiro atoms. The van der Waals surface area contributed by atoms with Crippen molar-refractivity contribution in [1.29, 1.82) is 0 Å². The summed E-state index contributed by atoms with van der Waals surface area (Å²) in [4.78, 5) is 13.6. The quantitative estimate of drug-likeness (QED) is 0.714. The van der Waals surface area contributed by atoms with Crippen LogP contribution >= 0.6 is 0 Å². The maximum Gasteiger partial charge on any atom is 0.407 e.